The number of amides is 1. The Bertz CT molecular complexity index is 1060. The maximum absolute atomic E-state index is 13.3. The van der Waals surface area contributed by atoms with E-state index in [1.54, 1.807) is 23.2 Å². The average Bonchev–Trinajstić information content (AvgIpc) is 2.73. The molecule has 3 nitrogen and oxygen atoms in total. The molecule has 0 unspecified atom stereocenters. The molecule has 2 aromatic carbocycles. The standard InChI is InChI=1S/C25H25Cl3N2O/c1-25(2,3)19-7-4-18(5-8-19)16-30(24(31)20-15-29-12-10-21(20)26)13-11-17-6-9-22(27)23(28)14-17/h4-10,12,14-15H,11,13,16H2,1-3H3. The quantitative estimate of drug-likeness (QED) is 0.377. The van der Waals surface area contributed by atoms with Crippen LogP contribution in [0.2, 0.25) is 15.1 Å². The van der Waals surface area contributed by atoms with Crippen molar-refractivity contribution in [2.75, 3.05) is 6.54 Å². The number of aromatic nitrogens is 1. The zero-order chi connectivity index (χ0) is 22.6. The summed E-state index contributed by atoms with van der Waals surface area (Å²) in [5, 5.41) is 1.41. The second kappa shape index (κ2) is 10.0. The smallest absolute Gasteiger partial charge is 0.257 e. The predicted octanol–water partition coefficient (Wildman–Crippen LogP) is 7.22. The van der Waals surface area contributed by atoms with E-state index in [1.165, 1.54) is 11.8 Å². The van der Waals surface area contributed by atoms with E-state index < -0.39 is 0 Å². The van der Waals surface area contributed by atoms with E-state index in [9.17, 15) is 4.79 Å². The van der Waals surface area contributed by atoms with E-state index in [4.69, 9.17) is 34.8 Å². The lowest BCUT2D eigenvalue weighted by atomic mass is 9.87. The molecule has 0 saturated carbocycles. The third-order valence-electron chi connectivity index (χ3n) is 5.13. The molecule has 0 bridgehead atoms. The molecule has 0 saturated heterocycles. The molecular formula is C25H25Cl3N2O. The molecule has 0 N–H and O–H groups in total. The number of benzene rings is 2. The molecule has 0 spiro atoms. The number of halogens is 3. The lowest BCUT2D eigenvalue weighted by Crippen LogP contribution is -2.33. The van der Waals surface area contributed by atoms with Crippen molar-refractivity contribution in [2.45, 2.75) is 39.2 Å². The highest BCUT2D eigenvalue weighted by Crippen LogP contribution is 2.25. The summed E-state index contributed by atoms with van der Waals surface area (Å²) in [6.45, 7) is 7.51. The van der Waals surface area contributed by atoms with Gasteiger partial charge in [0.15, 0.2) is 0 Å². The number of rotatable bonds is 6. The molecule has 0 atom stereocenters. The molecule has 31 heavy (non-hydrogen) atoms. The van der Waals surface area contributed by atoms with Gasteiger partial charge in [0.2, 0.25) is 0 Å². The topological polar surface area (TPSA) is 33.2 Å². The van der Waals surface area contributed by atoms with Crippen LogP contribution >= 0.6 is 34.8 Å². The van der Waals surface area contributed by atoms with Gasteiger partial charge in [-0.2, -0.15) is 0 Å². The second-order valence-corrected chi connectivity index (χ2v) is 9.75. The maximum atomic E-state index is 13.3. The molecule has 3 rings (SSSR count). The molecule has 3 aromatic rings. The van der Waals surface area contributed by atoms with Crippen LogP contribution in [0.4, 0.5) is 0 Å². The third-order valence-corrected chi connectivity index (χ3v) is 6.20. The molecule has 1 amide bonds. The van der Waals surface area contributed by atoms with Crippen molar-refractivity contribution in [1.29, 1.82) is 0 Å². The maximum Gasteiger partial charge on any atom is 0.257 e. The first-order valence-corrected chi connectivity index (χ1v) is 11.2. The van der Waals surface area contributed by atoms with Gasteiger partial charge in [-0.1, -0.05) is 85.9 Å². The van der Waals surface area contributed by atoms with E-state index in [-0.39, 0.29) is 11.3 Å². The van der Waals surface area contributed by atoms with Gasteiger partial charge in [-0.15, -0.1) is 0 Å². The summed E-state index contributed by atoms with van der Waals surface area (Å²) in [5.74, 6) is -0.155. The number of nitrogens with zero attached hydrogens (tertiary/aromatic N) is 2. The van der Waals surface area contributed by atoms with Crippen LogP contribution in [0, 0.1) is 0 Å². The van der Waals surface area contributed by atoms with Crippen LogP contribution in [-0.4, -0.2) is 22.3 Å². The SMILES string of the molecule is CC(C)(C)c1ccc(CN(CCc2ccc(Cl)c(Cl)c2)C(=O)c2cnccc2Cl)cc1. The van der Waals surface area contributed by atoms with E-state index in [2.05, 4.69) is 50.0 Å². The first kappa shape index (κ1) is 23.6. The lowest BCUT2D eigenvalue weighted by Gasteiger charge is -2.24. The fourth-order valence-corrected chi connectivity index (χ4v) is 3.75. The Hall–Kier alpha value is -2.07. The van der Waals surface area contributed by atoms with Gasteiger partial charge in [0.05, 0.1) is 20.6 Å². The summed E-state index contributed by atoms with van der Waals surface area (Å²) in [5.41, 5.74) is 3.78. The van der Waals surface area contributed by atoms with Crippen molar-refractivity contribution in [3.8, 4) is 0 Å². The Morgan fingerprint density at radius 3 is 2.19 bits per heavy atom. The van der Waals surface area contributed by atoms with Crippen molar-refractivity contribution in [3.63, 3.8) is 0 Å². The van der Waals surface area contributed by atoms with Gasteiger partial charge in [-0.05, 0) is 46.7 Å². The molecule has 0 aliphatic heterocycles. The molecule has 0 fully saturated rings. The van der Waals surface area contributed by atoms with Crippen molar-refractivity contribution in [1.82, 2.24) is 9.88 Å². The summed E-state index contributed by atoms with van der Waals surface area (Å²) < 4.78 is 0. The number of hydrogen-bond acceptors (Lipinski definition) is 2. The fraction of sp³-hybridized carbons (Fsp3) is 0.280. The molecular weight excluding hydrogens is 451 g/mol. The first-order chi connectivity index (χ1) is 14.6. The van der Waals surface area contributed by atoms with Crippen LogP contribution in [0.15, 0.2) is 60.9 Å². The molecule has 0 aliphatic rings. The summed E-state index contributed by atoms with van der Waals surface area (Å²) in [6, 6.07) is 15.5. The molecule has 1 aromatic heterocycles. The van der Waals surface area contributed by atoms with Crippen molar-refractivity contribution < 1.29 is 4.79 Å². The Kier molecular flexibility index (Phi) is 7.64. The Morgan fingerprint density at radius 1 is 0.903 bits per heavy atom. The Labute approximate surface area is 199 Å². The van der Waals surface area contributed by atoms with Crippen LogP contribution in [0.3, 0.4) is 0 Å². The first-order valence-electron chi connectivity index (χ1n) is 10.1. The monoisotopic (exact) mass is 474 g/mol. The van der Waals surface area contributed by atoms with Crippen LogP contribution < -0.4 is 0 Å². The fourth-order valence-electron chi connectivity index (χ4n) is 3.25. The van der Waals surface area contributed by atoms with E-state index in [0.29, 0.717) is 40.1 Å². The zero-order valence-corrected chi connectivity index (χ0v) is 20.1. The average molecular weight is 476 g/mol. The Morgan fingerprint density at radius 2 is 1.58 bits per heavy atom. The predicted molar refractivity (Wildman–Crippen MR) is 129 cm³/mol. The van der Waals surface area contributed by atoms with Crippen molar-refractivity contribution in [2.24, 2.45) is 0 Å². The van der Waals surface area contributed by atoms with Crippen molar-refractivity contribution >= 4 is 40.7 Å². The number of pyridine rings is 1. The van der Waals surface area contributed by atoms with E-state index >= 15 is 0 Å². The van der Waals surface area contributed by atoms with Crippen LogP contribution in [0.25, 0.3) is 0 Å². The highest BCUT2D eigenvalue weighted by molar-refractivity contribution is 6.42. The van der Waals surface area contributed by atoms with Crippen LogP contribution in [0.5, 0.6) is 0 Å². The number of hydrogen-bond donors (Lipinski definition) is 0. The van der Waals surface area contributed by atoms with Gasteiger partial charge in [-0.25, -0.2) is 0 Å². The normalized spacial score (nSPS) is 11.4. The minimum absolute atomic E-state index is 0.0745. The summed E-state index contributed by atoms with van der Waals surface area (Å²) in [6.07, 6.45) is 3.73. The molecule has 162 valence electrons. The van der Waals surface area contributed by atoms with Gasteiger partial charge < -0.3 is 4.90 Å². The minimum Gasteiger partial charge on any atom is -0.334 e. The molecule has 6 heteroatoms. The Balaban J connectivity index is 1.83. The largest absolute Gasteiger partial charge is 0.334 e. The second-order valence-electron chi connectivity index (χ2n) is 8.53. The van der Waals surface area contributed by atoms with Gasteiger partial charge >= 0.3 is 0 Å². The molecule has 0 aliphatic carbocycles. The van der Waals surface area contributed by atoms with Crippen LogP contribution in [0.1, 0.15) is 47.8 Å². The van der Waals surface area contributed by atoms with Gasteiger partial charge in [0.25, 0.3) is 5.91 Å². The zero-order valence-electron chi connectivity index (χ0n) is 17.8. The van der Waals surface area contributed by atoms with E-state index in [1.807, 2.05) is 12.1 Å². The van der Waals surface area contributed by atoms with Gasteiger partial charge in [-0.3, -0.25) is 9.78 Å². The molecule has 0 radical (unpaired) electrons. The van der Waals surface area contributed by atoms with Gasteiger partial charge in [0, 0.05) is 25.5 Å². The summed E-state index contributed by atoms with van der Waals surface area (Å²) >= 11 is 18.4. The lowest BCUT2D eigenvalue weighted by molar-refractivity contribution is 0.0745. The number of carbonyl (C=O) groups excluding carboxylic acids is 1. The molecule has 1 heterocycles. The van der Waals surface area contributed by atoms with E-state index in [0.717, 1.165) is 11.1 Å². The van der Waals surface area contributed by atoms with Crippen LogP contribution in [-0.2, 0) is 18.4 Å². The highest BCUT2D eigenvalue weighted by atomic mass is 35.5. The number of carbonyl (C=O) groups is 1. The summed E-state index contributed by atoms with van der Waals surface area (Å²) in [4.78, 5) is 19.2. The third kappa shape index (κ3) is 6.22. The van der Waals surface area contributed by atoms with Gasteiger partial charge in [0.1, 0.15) is 0 Å². The highest BCUT2D eigenvalue weighted by Gasteiger charge is 2.20. The summed E-state index contributed by atoms with van der Waals surface area (Å²) in [7, 11) is 0. The van der Waals surface area contributed by atoms with Crippen molar-refractivity contribution in [3.05, 3.63) is 98.2 Å². The minimum atomic E-state index is -0.155.